The molecule has 0 radical (unpaired) electrons. The van der Waals surface area contributed by atoms with E-state index in [0.29, 0.717) is 3.79 Å². The fraction of sp³-hybridized carbons (Fsp3) is 0.923. The van der Waals surface area contributed by atoms with Crippen molar-refractivity contribution in [2.75, 3.05) is 0 Å². The molecule has 0 saturated heterocycles. The van der Waals surface area contributed by atoms with Crippen LogP contribution in [0.4, 0.5) is 0 Å². The van der Waals surface area contributed by atoms with E-state index in [1.807, 2.05) is 22.6 Å². The maximum atomic E-state index is 10.7. The second-order valence-corrected chi connectivity index (χ2v) is 5.49. The van der Waals surface area contributed by atoms with Crippen molar-refractivity contribution in [1.82, 2.24) is 0 Å². The molecule has 0 rings (SSSR count). The molecule has 90 valence electrons. The van der Waals surface area contributed by atoms with Gasteiger partial charge in [-0.25, -0.2) is 0 Å². The highest BCUT2D eigenvalue weighted by Crippen LogP contribution is 2.11. The first-order valence-electron chi connectivity index (χ1n) is 6.45. The van der Waals surface area contributed by atoms with Crippen LogP contribution >= 0.6 is 22.6 Å². The fourth-order valence-corrected chi connectivity index (χ4v) is 2.13. The van der Waals surface area contributed by atoms with E-state index < -0.39 is 0 Å². The second kappa shape index (κ2) is 12.5. The second-order valence-electron chi connectivity index (χ2n) is 4.29. The zero-order valence-corrected chi connectivity index (χ0v) is 12.2. The molecule has 2 heteroatoms. The summed E-state index contributed by atoms with van der Waals surface area (Å²) in [6, 6.07) is 0. The zero-order valence-electron chi connectivity index (χ0n) is 10.1. The van der Waals surface area contributed by atoms with Crippen LogP contribution in [0.5, 0.6) is 0 Å². The largest absolute Gasteiger partial charge is 0.288 e. The molecule has 0 spiro atoms. The Kier molecular flexibility index (Phi) is 12.8. The Balaban J connectivity index is 2.89. The highest BCUT2D eigenvalue weighted by molar-refractivity contribution is 14.1. The smallest absolute Gasteiger partial charge is 0.192 e. The van der Waals surface area contributed by atoms with Crippen LogP contribution in [0.15, 0.2) is 0 Å². The average molecular weight is 324 g/mol. The van der Waals surface area contributed by atoms with Gasteiger partial charge in [0.25, 0.3) is 0 Å². The van der Waals surface area contributed by atoms with Crippen LogP contribution in [0, 0.1) is 0 Å². The number of halogens is 1. The van der Waals surface area contributed by atoms with Crippen LogP contribution < -0.4 is 0 Å². The molecule has 0 heterocycles. The number of hydrogen-bond donors (Lipinski definition) is 0. The molecule has 0 atom stereocenters. The van der Waals surface area contributed by atoms with Gasteiger partial charge in [0.05, 0.1) is 0 Å². The van der Waals surface area contributed by atoms with Crippen LogP contribution in [0.2, 0.25) is 0 Å². The van der Waals surface area contributed by atoms with E-state index in [4.69, 9.17) is 0 Å². The van der Waals surface area contributed by atoms with Crippen molar-refractivity contribution in [1.29, 1.82) is 0 Å². The Hall–Kier alpha value is 0.400. The molecule has 0 aliphatic carbocycles. The van der Waals surface area contributed by atoms with Gasteiger partial charge < -0.3 is 0 Å². The lowest BCUT2D eigenvalue weighted by atomic mass is 10.1. The van der Waals surface area contributed by atoms with Gasteiger partial charge in [-0.3, -0.25) is 4.79 Å². The SMILES string of the molecule is CCCCCCCCCCCCC(=O)I. The summed E-state index contributed by atoms with van der Waals surface area (Å²) in [5.41, 5.74) is 0. The summed E-state index contributed by atoms with van der Waals surface area (Å²) in [6.07, 6.45) is 14.2. The van der Waals surface area contributed by atoms with Gasteiger partial charge in [0, 0.05) is 6.42 Å². The molecule has 0 N–H and O–H groups in total. The monoisotopic (exact) mass is 324 g/mol. The molecule has 15 heavy (non-hydrogen) atoms. The summed E-state index contributed by atoms with van der Waals surface area (Å²) in [5.74, 6) is 0. The summed E-state index contributed by atoms with van der Waals surface area (Å²) in [5, 5.41) is 0. The summed E-state index contributed by atoms with van der Waals surface area (Å²) < 4.78 is 0.312. The van der Waals surface area contributed by atoms with E-state index in [0.717, 1.165) is 12.8 Å². The van der Waals surface area contributed by atoms with Crippen LogP contribution in [-0.2, 0) is 4.79 Å². The van der Waals surface area contributed by atoms with Gasteiger partial charge in [-0.2, -0.15) is 0 Å². The lowest BCUT2D eigenvalue weighted by Gasteiger charge is -2.01. The maximum Gasteiger partial charge on any atom is 0.192 e. The average Bonchev–Trinajstić information content (AvgIpc) is 2.20. The lowest BCUT2D eigenvalue weighted by Crippen LogP contribution is -1.86. The van der Waals surface area contributed by atoms with Gasteiger partial charge in [-0.1, -0.05) is 64.7 Å². The van der Waals surface area contributed by atoms with Gasteiger partial charge in [-0.15, -0.1) is 0 Å². The highest BCUT2D eigenvalue weighted by Gasteiger charge is 1.95. The lowest BCUT2D eigenvalue weighted by molar-refractivity contribution is -0.109. The van der Waals surface area contributed by atoms with Crippen LogP contribution in [0.3, 0.4) is 0 Å². The molecule has 0 aromatic carbocycles. The molecule has 0 fully saturated rings. The number of carbonyl (C=O) groups excluding carboxylic acids is 1. The molecule has 0 unspecified atom stereocenters. The first kappa shape index (κ1) is 15.4. The minimum absolute atomic E-state index is 0.312. The summed E-state index contributed by atoms with van der Waals surface area (Å²) in [4.78, 5) is 10.7. The van der Waals surface area contributed by atoms with E-state index in [9.17, 15) is 4.79 Å². The van der Waals surface area contributed by atoms with E-state index in [1.165, 1.54) is 57.8 Å². The molecular weight excluding hydrogens is 299 g/mol. The van der Waals surface area contributed by atoms with Gasteiger partial charge in [0.15, 0.2) is 3.79 Å². The standard InChI is InChI=1S/C13H25IO/c1-2-3-4-5-6-7-8-9-10-11-12-13(14)15/h2-12H2,1H3. The summed E-state index contributed by atoms with van der Waals surface area (Å²) in [7, 11) is 0. The number of hydrogen-bond acceptors (Lipinski definition) is 1. The number of carbonyl (C=O) groups is 1. The van der Waals surface area contributed by atoms with Gasteiger partial charge in [-0.05, 0) is 29.0 Å². The van der Waals surface area contributed by atoms with Crippen molar-refractivity contribution >= 4 is 26.4 Å². The first-order valence-corrected chi connectivity index (χ1v) is 7.53. The third-order valence-corrected chi connectivity index (χ3v) is 3.27. The number of unbranched alkanes of at least 4 members (excludes halogenated alkanes) is 9. The molecule has 1 nitrogen and oxygen atoms in total. The van der Waals surface area contributed by atoms with Gasteiger partial charge in [0.2, 0.25) is 0 Å². The Morgan fingerprint density at radius 3 is 1.60 bits per heavy atom. The van der Waals surface area contributed by atoms with Crippen molar-refractivity contribution in [3.8, 4) is 0 Å². The Morgan fingerprint density at radius 2 is 1.20 bits per heavy atom. The maximum absolute atomic E-state index is 10.7. The molecule has 0 saturated carbocycles. The zero-order chi connectivity index (χ0) is 11.4. The minimum Gasteiger partial charge on any atom is -0.288 e. The summed E-state index contributed by atoms with van der Waals surface area (Å²) in [6.45, 7) is 2.26. The topological polar surface area (TPSA) is 17.1 Å². The quantitative estimate of drug-likeness (QED) is 0.288. The van der Waals surface area contributed by atoms with Crippen molar-refractivity contribution in [2.45, 2.75) is 77.6 Å². The van der Waals surface area contributed by atoms with Crippen LogP contribution in [0.1, 0.15) is 77.6 Å². The van der Waals surface area contributed by atoms with Gasteiger partial charge >= 0.3 is 0 Å². The van der Waals surface area contributed by atoms with Gasteiger partial charge in [0.1, 0.15) is 0 Å². The predicted octanol–water partition coefficient (Wildman–Crippen LogP) is 5.26. The van der Waals surface area contributed by atoms with E-state index in [-0.39, 0.29) is 0 Å². The molecule has 0 bridgehead atoms. The fourth-order valence-electron chi connectivity index (χ4n) is 1.75. The van der Waals surface area contributed by atoms with Crippen molar-refractivity contribution in [2.24, 2.45) is 0 Å². The Labute approximate surface area is 109 Å². The predicted molar refractivity (Wildman–Crippen MR) is 75.5 cm³/mol. The normalized spacial score (nSPS) is 10.5. The van der Waals surface area contributed by atoms with Crippen LogP contribution in [0.25, 0.3) is 0 Å². The van der Waals surface area contributed by atoms with Crippen molar-refractivity contribution in [3.05, 3.63) is 0 Å². The molecule has 0 aromatic rings. The van der Waals surface area contributed by atoms with E-state index in [2.05, 4.69) is 6.92 Å². The van der Waals surface area contributed by atoms with E-state index >= 15 is 0 Å². The molecular formula is C13H25IO. The van der Waals surface area contributed by atoms with Crippen molar-refractivity contribution in [3.63, 3.8) is 0 Å². The third-order valence-electron chi connectivity index (χ3n) is 2.73. The minimum atomic E-state index is 0.312. The molecule has 0 aliphatic rings. The van der Waals surface area contributed by atoms with Crippen molar-refractivity contribution < 1.29 is 4.79 Å². The summed E-state index contributed by atoms with van der Waals surface area (Å²) >= 11 is 1.89. The molecule has 0 aromatic heterocycles. The third kappa shape index (κ3) is 14.4. The first-order chi connectivity index (χ1) is 7.27. The Bertz CT molecular complexity index is 145. The van der Waals surface area contributed by atoms with E-state index in [1.54, 1.807) is 0 Å². The Morgan fingerprint density at radius 1 is 0.800 bits per heavy atom. The number of rotatable bonds is 11. The van der Waals surface area contributed by atoms with Crippen LogP contribution in [-0.4, -0.2) is 3.79 Å². The molecule has 0 amide bonds. The molecule has 0 aliphatic heterocycles. The highest BCUT2D eigenvalue weighted by atomic mass is 127.